The van der Waals surface area contributed by atoms with Crippen LogP contribution < -0.4 is 5.32 Å². The van der Waals surface area contributed by atoms with Gasteiger partial charge in [-0.15, -0.1) is 0 Å². The Morgan fingerprint density at radius 2 is 1.72 bits per heavy atom. The molecule has 4 rings (SSSR count). The van der Waals surface area contributed by atoms with Gasteiger partial charge in [0.05, 0.1) is 12.2 Å². The number of amides is 2. The Kier molecular flexibility index (Phi) is 6.53. The molecule has 1 aromatic heterocycles. The van der Waals surface area contributed by atoms with Crippen molar-refractivity contribution in [2.24, 2.45) is 0 Å². The van der Waals surface area contributed by atoms with Gasteiger partial charge in [-0.25, -0.2) is 0 Å². The lowest BCUT2D eigenvalue weighted by atomic mass is 10.1. The average Bonchev–Trinajstić information content (AvgIpc) is 3.18. The molecule has 2 N–H and O–H groups in total. The van der Waals surface area contributed by atoms with E-state index in [1.807, 2.05) is 61.2 Å². The summed E-state index contributed by atoms with van der Waals surface area (Å²) in [5.74, 6) is -0.241. The predicted molar refractivity (Wildman–Crippen MR) is 124 cm³/mol. The van der Waals surface area contributed by atoms with E-state index in [1.54, 1.807) is 22.9 Å². The fraction of sp³-hybridized carbons (Fsp3) is 0.292. The molecule has 166 valence electrons. The minimum absolute atomic E-state index is 0.00298. The van der Waals surface area contributed by atoms with Crippen molar-refractivity contribution in [1.29, 1.82) is 0 Å². The Morgan fingerprint density at radius 3 is 2.38 bits per heavy atom. The van der Waals surface area contributed by atoms with E-state index in [0.717, 1.165) is 11.3 Å². The van der Waals surface area contributed by atoms with Crippen molar-refractivity contribution in [1.82, 2.24) is 19.8 Å². The van der Waals surface area contributed by atoms with Crippen LogP contribution in [0.25, 0.3) is 5.69 Å². The highest BCUT2D eigenvalue weighted by Crippen LogP contribution is 2.16. The van der Waals surface area contributed by atoms with Gasteiger partial charge < -0.3 is 19.9 Å². The number of nitrogens with zero attached hydrogens (tertiary/aromatic N) is 2. The van der Waals surface area contributed by atoms with Crippen LogP contribution in [0, 0.1) is 4.77 Å². The van der Waals surface area contributed by atoms with Crippen LogP contribution in [-0.4, -0.2) is 51.6 Å². The molecule has 32 heavy (non-hydrogen) atoms. The first-order chi connectivity index (χ1) is 15.4. The topological polar surface area (TPSA) is 79.4 Å². The summed E-state index contributed by atoms with van der Waals surface area (Å²) in [7, 11) is 0. The molecule has 0 spiro atoms. The average molecular weight is 451 g/mol. The zero-order chi connectivity index (χ0) is 22.7. The molecule has 2 aromatic carbocycles. The van der Waals surface area contributed by atoms with Gasteiger partial charge in [0, 0.05) is 37.1 Å². The quantitative estimate of drug-likeness (QED) is 0.581. The van der Waals surface area contributed by atoms with Gasteiger partial charge in [-0.05, 0) is 55.9 Å². The van der Waals surface area contributed by atoms with Crippen LogP contribution in [-0.2, 0) is 11.3 Å². The second-order valence-corrected chi connectivity index (χ2v) is 8.38. The van der Waals surface area contributed by atoms with Crippen LogP contribution in [0.4, 0.5) is 0 Å². The van der Waals surface area contributed by atoms with Gasteiger partial charge >= 0.3 is 0 Å². The number of carbonyl (C=O) groups excluding carboxylic acids is 2. The van der Waals surface area contributed by atoms with Crippen LogP contribution in [0.3, 0.4) is 0 Å². The van der Waals surface area contributed by atoms with Crippen LogP contribution in [0.15, 0.2) is 60.8 Å². The lowest BCUT2D eigenvalue weighted by molar-refractivity contribution is -0.0586. The van der Waals surface area contributed by atoms with Crippen LogP contribution in [0.1, 0.15) is 40.3 Å². The van der Waals surface area contributed by atoms with Gasteiger partial charge in [0.2, 0.25) is 0 Å². The Morgan fingerprint density at radius 1 is 1.06 bits per heavy atom. The molecule has 0 bridgehead atoms. The molecule has 2 amide bonds. The number of hydrogen-bond donors (Lipinski definition) is 2. The first kappa shape index (κ1) is 22.0. The largest absolute Gasteiger partial charge is 0.372 e. The summed E-state index contributed by atoms with van der Waals surface area (Å²) in [5.41, 5.74) is 2.78. The molecule has 8 heteroatoms. The summed E-state index contributed by atoms with van der Waals surface area (Å²) in [6.45, 7) is 5.46. The molecule has 7 nitrogen and oxygen atoms in total. The fourth-order valence-corrected chi connectivity index (χ4v) is 4.20. The van der Waals surface area contributed by atoms with Gasteiger partial charge in [-0.3, -0.25) is 14.2 Å². The van der Waals surface area contributed by atoms with Crippen molar-refractivity contribution in [3.8, 4) is 5.69 Å². The first-order valence-corrected chi connectivity index (χ1v) is 11.0. The molecule has 2 unspecified atom stereocenters. The maximum Gasteiger partial charge on any atom is 0.270 e. The number of H-pyrrole nitrogens is 1. The maximum absolute atomic E-state index is 12.8. The minimum Gasteiger partial charge on any atom is -0.372 e. The van der Waals surface area contributed by atoms with E-state index >= 15 is 0 Å². The molecule has 1 aliphatic heterocycles. The van der Waals surface area contributed by atoms with Crippen molar-refractivity contribution in [2.75, 3.05) is 13.1 Å². The van der Waals surface area contributed by atoms with E-state index in [9.17, 15) is 9.59 Å². The minimum atomic E-state index is -0.238. The van der Waals surface area contributed by atoms with Gasteiger partial charge in [-0.1, -0.05) is 30.3 Å². The standard InChI is InChI=1S/C24H26N4O3S/c1-16-14-27(15-17(2)31-16)23(30)19-10-8-18(9-11-19)12-25-22(29)21-13-26-24(32)28(21)20-6-4-3-5-7-20/h3-11,13,16-17H,12,14-15H2,1-2H3,(H,25,29)(H,26,32). The molecule has 0 aliphatic carbocycles. The van der Waals surface area contributed by atoms with Gasteiger partial charge in [0.15, 0.2) is 4.77 Å². The SMILES string of the molecule is CC1CN(C(=O)c2ccc(CNC(=O)c3c[nH]c(=S)n3-c3ccccc3)cc2)CC(C)O1. The monoisotopic (exact) mass is 450 g/mol. The second-order valence-electron chi connectivity index (χ2n) is 8.00. The van der Waals surface area contributed by atoms with E-state index < -0.39 is 0 Å². The zero-order valence-corrected chi connectivity index (χ0v) is 18.9. The molecular formula is C24H26N4O3S. The summed E-state index contributed by atoms with van der Waals surface area (Å²) >= 11 is 5.34. The number of aromatic nitrogens is 2. The maximum atomic E-state index is 12.8. The highest BCUT2D eigenvalue weighted by atomic mass is 32.1. The van der Waals surface area contributed by atoms with E-state index in [2.05, 4.69) is 10.3 Å². The molecule has 0 saturated carbocycles. The third kappa shape index (κ3) is 4.81. The van der Waals surface area contributed by atoms with Crippen molar-refractivity contribution in [3.05, 3.63) is 82.4 Å². The molecule has 2 atom stereocenters. The number of hydrogen-bond acceptors (Lipinski definition) is 4. The summed E-state index contributed by atoms with van der Waals surface area (Å²) in [6.07, 6.45) is 1.66. The number of carbonyl (C=O) groups is 2. The Labute approximate surface area is 192 Å². The second kappa shape index (κ2) is 9.50. The number of imidazole rings is 1. The number of ether oxygens (including phenoxy) is 1. The Hall–Kier alpha value is -3.23. The van der Waals surface area contributed by atoms with Crippen molar-refractivity contribution < 1.29 is 14.3 Å². The number of rotatable bonds is 5. The summed E-state index contributed by atoms with van der Waals surface area (Å²) in [6, 6.07) is 16.8. The van der Waals surface area contributed by atoms with Gasteiger partial charge in [-0.2, -0.15) is 0 Å². The van der Waals surface area contributed by atoms with E-state index in [4.69, 9.17) is 17.0 Å². The number of para-hydroxylation sites is 1. The van der Waals surface area contributed by atoms with Crippen molar-refractivity contribution in [3.63, 3.8) is 0 Å². The van der Waals surface area contributed by atoms with E-state index in [-0.39, 0.29) is 24.0 Å². The number of nitrogens with one attached hydrogen (secondary N) is 2. The highest BCUT2D eigenvalue weighted by Gasteiger charge is 2.26. The molecule has 1 aliphatic rings. The summed E-state index contributed by atoms with van der Waals surface area (Å²) in [4.78, 5) is 30.4. The van der Waals surface area contributed by atoms with Crippen LogP contribution in [0.2, 0.25) is 0 Å². The van der Waals surface area contributed by atoms with E-state index in [0.29, 0.717) is 35.7 Å². The summed E-state index contributed by atoms with van der Waals surface area (Å²) < 4.78 is 7.87. The van der Waals surface area contributed by atoms with Crippen LogP contribution in [0.5, 0.6) is 0 Å². The first-order valence-electron chi connectivity index (χ1n) is 10.6. The van der Waals surface area contributed by atoms with E-state index in [1.165, 1.54) is 0 Å². The smallest absolute Gasteiger partial charge is 0.270 e. The number of aromatic amines is 1. The van der Waals surface area contributed by atoms with Gasteiger partial charge in [0.25, 0.3) is 11.8 Å². The van der Waals surface area contributed by atoms with Crippen LogP contribution >= 0.6 is 12.2 Å². The molecule has 1 fully saturated rings. The molecule has 3 aromatic rings. The normalized spacial score (nSPS) is 18.4. The Balaban J connectivity index is 1.41. The third-order valence-electron chi connectivity index (χ3n) is 5.38. The fourth-order valence-electron chi connectivity index (χ4n) is 3.93. The summed E-state index contributed by atoms with van der Waals surface area (Å²) in [5, 5.41) is 2.92. The van der Waals surface area contributed by atoms with Gasteiger partial charge in [0.1, 0.15) is 5.69 Å². The molecule has 0 radical (unpaired) electrons. The predicted octanol–water partition coefficient (Wildman–Crippen LogP) is 3.71. The molecule has 2 heterocycles. The third-order valence-corrected chi connectivity index (χ3v) is 5.68. The van der Waals surface area contributed by atoms with Crippen molar-refractivity contribution in [2.45, 2.75) is 32.6 Å². The molecular weight excluding hydrogens is 424 g/mol. The highest BCUT2D eigenvalue weighted by molar-refractivity contribution is 7.71. The molecule has 1 saturated heterocycles. The Bertz CT molecular complexity index is 1140. The lowest BCUT2D eigenvalue weighted by Gasteiger charge is -2.35. The number of benzene rings is 2. The van der Waals surface area contributed by atoms with Crippen molar-refractivity contribution >= 4 is 24.0 Å². The number of morpholine rings is 1. The zero-order valence-electron chi connectivity index (χ0n) is 18.1. The lowest BCUT2D eigenvalue weighted by Crippen LogP contribution is -2.48.